The minimum Gasteiger partial charge on any atom is -0.355 e. The molecule has 1 rings (SSSR count). The van der Waals surface area contributed by atoms with Crippen molar-refractivity contribution in [3.63, 3.8) is 0 Å². The molecule has 0 radical (unpaired) electrons. The summed E-state index contributed by atoms with van der Waals surface area (Å²) in [5.41, 5.74) is 0. The van der Waals surface area contributed by atoms with Crippen molar-refractivity contribution in [1.82, 2.24) is 5.32 Å². The van der Waals surface area contributed by atoms with E-state index in [1.807, 2.05) is 0 Å². The molecule has 70 valence electrons. The molecule has 0 saturated heterocycles. The lowest BCUT2D eigenvalue weighted by atomic mass is 10.0. The summed E-state index contributed by atoms with van der Waals surface area (Å²) in [4.78, 5) is 10.8. The van der Waals surface area contributed by atoms with Crippen LogP contribution < -0.4 is 5.32 Å². The number of rotatable bonds is 4. The molecule has 2 nitrogen and oxygen atoms in total. The van der Waals surface area contributed by atoms with Crippen LogP contribution in [0.3, 0.4) is 0 Å². The molecular formula is C9H17NOS. The lowest BCUT2D eigenvalue weighted by Gasteiger charge is -2.08. The highest BCUT2D eigenvalue weighted by atomic mass is 32.1. The summed E-state index contributed by atoms with van der Waals surface area (Å²) in [6.45, 7) is 0.837. The van der Waals surface area contributed by atoms with E-state index in [0.717, 1.165) is 18.9 Å². The molecule has 0 bridgehead atoms. The SMILES string of the molecule is O=C(CS)NCCC1CCCC1. The van der Waals surface area contributed by atoms with Gasteiger partial charge in [-0.15, -0.1) is 0 Å². The van der Waals surface area contributed by atoms with E-state index in [-0.39, 0.29) is 5.91 Å². The maximum absolute atomic E-state index is 10.8. The van der Waals surface area contributed by atoms with E-state index in [1.54, 1.807) is 0 Å². The van der Waals surface area contributed by atoms with Crippen molar-refractivity contribution < 1.29 is 4.79 Å². The topological polar surface area (TPSA) is 29.1 Å². The zero-order chi connectivity index (χ0) is 8.81. The van der Waals surface area contributed by atoms with E-state index >= 15 is 0 Å². The average Bonchev–Trinajstić information content (AvgIpc) is 2.57. The predicted molar refractivity (Wildman–Crippen MR) is 53.4 cm³/mol. The Labute approximate surface area is 79.5 Å². The Hall–Kier alpha value is -0.180. The maximum Gasteiger partial charge on any atom is 0.229 e. The molecule has 0 aromatic heterocycles. The van der Waals surface area contributed by atoms with Crippen molar-refractivity contribution in [3.05, 3.63) is 0 Å². The molecule has 0 atom stereocenters. The third-order valence-electron chi connectivity index (χ3n) is 2.49. The van der Waals surface area contributed by atoms with Crippen molar-refractivity contribution >= 4 is 18.5 Å². The van der Waals surface area contributed by atoms with Gasteiger partial charge in [-0.05, 0) is 12.3 Å². The monoisotopic (exact) mass is 187 g/mol. The second-order valence-corrected chi connectivity index (χ2v) is 3.76. The molecule has 0 aromatic carbocycles. The molecule has 1 saturated carbocycles. The van der Waals surface area contributed by atoms with Gasteiger partial charge in [0, 0.05) is 6.54 Å². The standard InChI is InChI=1S/C9H17NOS/c11-9(7-12)10-6-5-8-3-1-2-4-8/h8,12H,1-7H2,(H,10,11). The third-order valence-corrected chi connectivity index (χ3v) is 2.78. The van der Waals surface area contributed by atoms with Gasteiger partial charge < -0.3 is 5.32 Å². The smallest absolute Gasteiger partial charge is 0.229 e. The van der Waals surface area contributed by atoms with Crippen LogP contribution in [0.1, 0.15) is 32.1 Å². The molecular weight excluding hydrogens is 170 g/mol. The van der Waals surface area contributed by atoms with E-state index in [2.05, 4.69) is 17.9 Å². The summed E-state index contributed by atoms with van der Waals surface area (Å²) < 4.78 is 0. The largest absolute Gasteiger partial charge is 0.355 e. The van der Waals surface area contributed by atoms with E-state index in [4.69, 9.17) is 0 Å². The number of hydrogen-bond acceptors (Lipinski definition) is 2. The van der Waals surface area contributed by atoms with Crippen molar-refractivity contribution in [1.29, 1.82) is 0 Å². The van der Waals surface area contributed by atoms with Gasteiger partial charge in [-0.1, -0.05) is 25.7 Å². The predicted octanol–water partition coefficient (Wildman–Crippen LogP) is 1.61. The molecule has 3 heteroatoms. The summed E-state index contributed by atoms with van der Waals surface area (Å²) in [5.74, 6) is 1.23. The molecule has 1 aliphatic rings. The first-order valence-corrected chi connectivity index (χ1v) is 5.33. The Morgan fingerprint density at radius 3 is 2.67 bits per heavy atom. The van der Waals surface area contributed by atoms with Gasteiger partial charge in [-0.3, -0.25) is 4.79 Å². The van der Waals surface area contributed by atoms with Crippen molar-refractivity contribution in [2.75, 3.05) is 12.3 Å². The van der Waals surface area contributed by atoms with Crippen LogP contribution in [-0.2, 0) is 4.79 Å². The fourth-order valence-corrected chi connectivity index (χ4v) is 1.88. The minimum atomic E-state index is 0.0522. The van der Waals surface area contributed by atoms with Crippen LogP contribution in [0.4, 0.5) is 0 Å². The Bertz CT molecular complexity index is 143. The van der Waals surface area contributed by atoms with Gasteiger partial charge in [0.25, 0.3) is 0 Å². The third kappa shape index (κ3) is 3.48. The minimum absolute atomic E-state index is 0.0522. The molecule has 0 heterocycles. The second-order valence-electron chi connectivity index (χ2n) is 3.45. The number of nitrogens with one attached hydrogen (secondary N) is 1. The first-order valence-electron chi connectivity index (χ1n) is 4.70. The van der Waals surface area contributed by atoms with Crippen molar-refractivity contribution in [2.45, 2.75) is 32.1 Å². The maximum atomic E-state index is 10.8. The van der Waals surface area contributed by atoms with Crippen molar-refractivity contribution in [3.8, 4) is 0 Å². The molecule has 1 amide bonds. The lowest BCUT2D eigenvalue weighted by molar-refractivity contribution is -0.118. The highest BCUT2D eigenvalue weighted by Crippen LogP contribution is 2.26. The first-order chi connectivity index (χ1) is 5.83. The van der Waals surface area contributed by atoms with E-state index < -0.39 is 0 Å². The van der Waals surface area contributed by atoms with Crippen LogP contribution in [0, 0.1) is 5.92 Å². The Kier molecular flexibility index (Phi) is 4.51. The molecule has 1 N–H and O–H groups in total. The normalized spacial score (nSPS) is 18.1. The molecule has 1 aliphatic carbocycles. The quantitative estimate of drug-likeness (QED) is 0.643. The first kappa shape index (κ1) is 9.90. The van der Waals surface area contributed by atoms with Crippen LogP contribution in [0.2, 0.25) is 0 Å². The van der Waals surface area contributed by atoms with E-state index in [9.17, 15) is 4.79 Å². The van der Waals surface area contributed by atoms with Gasteiger partial charge in [0.05, 0.1) is 5.75 Å². The van der Waals surface area contributed by atoms with Gasteiger partial charge in [-0.2, -0.15) is 12.6 Å². The second kappa shape index (κ2) is 5.46. The fraction of sp³-hybridized carbons (Fsp3) is 0.889. The molecule has 1 fully saturated rings. The molecule has 0 spiro atoms. The van der Waals surface area contributed by atoms with Gasteiger partial charge >= 0.3 is 0 Å². The Morgan fingerprint density at radius 1 is 1.42 bits per heavy atom. The van der Waals surface area contributed by atoms with Crippen LogP contribution in [-0.4, -0.2) is 18.2 Å². The van der Waals surface area contributed by atoms with Crippen LogP contribution in [0.15, 0.2) is 0 Å². The number of hydrogen-bond donors (Lipinski definition) is 2. The highest BCUT2D eigenvalue weighted by molar-refractivity contribution is 7.81. The summed E-state index contributed by atoms with van der Waals surface area (Å²) in [7, 11) is 0. The Morgan fingerprint density at radius 2 is 2.08 bits per heavy atom. The summed E-state index contributed by atoms with van der Waals surface area (Å²) in [5, 5.41) is 2.84. The lowest BCUT2D eigenvalue weighted by Crippen LogP contribution is -2.26. The zero-order valence-corrected chi connectivity index (χ0v) is 8.28. The number of carbonyl (C=O) groups is 1. The number of thiol groups is 1. The fourth-order valence-electron chi connectivity index (χ4n) is 1.77. The highest BCUT2D eigenvalue weighted by Gasteiger charge is 2.14. The van der Waals surface area contributed by atoms with Crippen molar-refractivity contribution in [2.24, 2.45) is 5.92 Å². The summed E-state index contributed by atoms with van der Waals surface area (Å²) in [6, 6.07) is 0. The summed E-state index contributed by atoms with van der Waals surface area (Å²) in [6.07, 6.45) is 6.63. The average molecular weight is 187 g/mol. The van der Waals surface area contributed by atoms with E-state index in [0.29, 0.717) is 5.75 Å². The Balaban J connectivity index is 1.97. The van der Waals surface area contributed by atoms with Gasteiger partial charge in [-0.25, -0.2) is 0 Å². The molecule has 0 aliphatic heterocycles. The summed E-state index contributed by atoms with van der Waals surface area (Å²) >= 11 is 3.89. The van der Waals surface area contributed by atoms with Crippen LogP contribution in [0.5, 0.6) is 0 Å². The van der Waals surface area contributed by atoms with Gasteiger partial charge in [0.15, 0.2) is 0 Å². The molecule has 0 aromatic rings. The number of amides is 1. The van der Waals surface area contributed by atoms with Gasteiger partial charge in [0.2, 0.25) is 5.91 Å². The van der Waals surface area contributed by atoms with E-state index in [1.165, 1.54) is 25.7 Å². The zero-order valence-electron chi connectivity index (χ0n) is 7.38. The van der Waals surface area contributed by atoms with Crippen LogP contribution in [0.25, 0.3) is 0 Å². The number of carbonyl (C=O) groups excluding carboxylic acids is 1. The molecule has 12 heavy (non-hydrogen) atoms. The van der Waals surface area contributed by atoms with Crippen LogP contribution >= 0.6 is 12.6 Å². The molecule has 0 unspecified atom stereocenters. The van der Waals surface area contributed by atoms with Gasteiger partial charge in [0.1, 0.15) is 0 Å².